The molecule has 18 heavy (non-hydrogen) atoms. The molecule has 0 aliphatic carbocycles. The summed E-state index contributed by atoms with van der Waals surface area (Å²) in [5.74, 6) is -0.358. The van der Waals surface area contributed by atoms with Crippen LogP contribution in [0.4, 0.5) is 0 Å². The number of nitrogens with one attached hydrogen (secondary N) is 1. The van der Waals surface area contributed by atoms with Gasteiger partial charge >= 0.3 is 5.97 Å². The summed E-state index contributed by atoms with van der Waals surface area (Å²) in [4.78, 5) is 23.2. The van der Waals surface area contributed by atoms with Gasteiger partial charge in [-0.1, -0.05) is 40.7 Å². The number of rotatable bonds is 5. The Hall–Kier alpha value is -1.32. The molecular weight excluding hydrogens is 230 g/mol. The molecule has 0 radical (unpaired) electrons. The lowest BCUT2D eigenvalue weighted by atomic mass is 9.96. The summed E-state index contributed by atoms with van der Waals surface area (Å²) in [6.45, 7) is 9.99. The molecule has 1 atom stereocenters. The quantitative estimate of drug-likeness (QED) is 0.606. The molecule has 1 N–H and O–H groups in total. The van der Waals surface area contributed by atoms with E-state index in [-0.39, 0.29) is 11.3 Å². The number of ether oxygens (including phenoxy) is 1. The minimum Gasteiger partial charge on any atom is -0.467 e. The first-order chi connectivity index (χ1) is 8.15. The molecule has 104 valence electrons. The minimum absolute atomic E-state index is 0.0594. The fraction of sp³-hybridized carbons (Fsp3) is 0.714. The van der Waals surface area contributed by atoms with Crippen molar-refractivity contribution in [1.82, 2.24) is 5.32 Å². The molecule has 0 heterocycles. The van der Waals surface area contributed by atoms with Crippen LogP contribution in [0.25, 0.3) is 0 Å². The van der Waals surface area contributed by atoms with Crippen molar-refractivity contribution >= 4 is 11.9 Å². The Bertz CT molecular complexity index is 313. The van der Waals surface area contributed by atoms with Gasteiger partial charge < -0.3 is 10.1 Å². The SMILES string of the molecule is COC(=O)C(CC(C)C)NC(=O)C=CC(C)(C)C. The molecule has 0 aliphatic heterocycles. The van der Waals surface area contributed by atoms with Gasteiger partial charge in [-0.25, -0.2) is 4.79 Å². The lowest BCUT2D eigenvalue weighted by Crippen LogP contribution is -2.41. The third-order valence-electron chi connectivity index (χ3n) is 2.24. The predicted octanol–water partition coefficient (Wildman–Crippen LogP) is 2.29. The largest absolute Gasteiger partial charge is 0.467 e. The second-order valence-electron chi connectivity index (χ2n) is 5.91. The summed E-state index contributed by atoms with van der Waals surface area (Å²) < 4.78 is 4.68. The lowest BCUT2D eigenvalue weighted by Gasteiger charge is -2.18. The fourth-order valence-corrected chi connectivity index (χ4v) is 1.37. The first-order valence-electron chi connectivity index (χ1n) is 6.23. The molecule has 0 bridgehead atoms. The first kappa shape index (κ1) is 16.7. The van der Waals surface area contributed by atoms with Crippen LogP contribution in [0, 0.1) is 11.3 Å². The normalized spacial score (nSPS) is 13.7. The molecule has 0 rings (SSSR count). The Labute approximate surface area is 110 Å². The van der Waals surface area contributed by atoms with Crippen molar-refractivity contribution < 1.29 is 14.3 Å². The van der Waals surface area contributed by atoms with Gasteiger partial charge in [0.25, 0.3) is 0 Å². The highest BCUT2D eigenvalue weighted by Gasteiger charge is 2.21. The topological polar surface area (TPSA) is 55.4 Å². The molecule has 0 aromatic carbocycles. The van der Waals surface area contributed by atoms with E-state index in [1.165, 1.54) is 13.2 Å². The van der Waals surface area contributed by atoms with Gasteiger partial charge in [0.1, 0.15) is 6.04 Å². The van der Waals surface area contributed by atoms with Crippen LogP contribution in [0.3, 0.4) is 0 Å². The highest BCUT2D eigenvalue weighted by atomic mass is 16.5. The van der Waals surface area contributed by atoms with Gasteiger partial charge in [-0.2, -0.15) is 0 Å². The highest BCUT2D eigenvalue weighted by Crippen LogP contribution is 2.14. The average molecular weight is 255 g/mol. The van der Waals surface area contributed by atoms with Crippen molar-refractivity contribution in [1.29, 1.82) is 0 Å². The van der Waals surface area contributed by atoms with Crippen molar-refractivity contribution in [2.75, 3.05) is 7.11 Å². The van der Waals surface area contributed by atoms with E-state index in [1.54, 1.807) is 0 Å². The summed E-state index contributed by atoms with van der Waals surface area (Å²) in [6.07, 6.45) is 3.85. The van der Waals surface area contributed by atoms with E-state index in [4.69, 9.17) is 0 Å². The van der Waals surface area contributed by atoms with Crippen LogP contribution in [-0.2, 0) is 14.3 Å². The zero-order valence-corrected chi connectivity index (χ0v) is 12.2. The monoisotopic (exact) mass is 255 g/mol. The zero-order chi connectivity index (χ0) is 14.3. The zero-order valence-electron chi connectivity index (χ0n) is 12.2. The summed E-state index contributed by atoms with van der Waals surface area (Å²) in [7, 11) is 1.33. The van der Waals surface area contributed by atoms with Gasteiger partial charge in [0.15, 0.2) is 0 Å². The molecule has 1 amide bonds. The maximum atomic E-state index is 11.7. The molecule has 4 nitrogen and oxygen atoms in total. The number of esters is 1. The van der Waals surface area contributed by atoms with Crippen molar-refractivity contribution in [2.45, 2.75) is 47.1 Å². The van der Waals surface area contributed by atoms with Gasteiger partial charge in [-0.3, -0.25) is 4.79 Å². The van der Waals surface area contributed by atoms with E-state index in [0.29, 0.717) is 12.3 Å². The van der Waals surface area contributed by atoms with Crippen LogP contribution in [0.5, 0.6) is 0 Å². The van der Waals surface area contributed by atoms with E-state index in [1.807, 2.05) is 40.7 Å². The van der Waals surface area contributed by atoms with Gasteiger partial charge in [0.2, 0.25) is 5.91 Å². The summed E-state index contributed by atoms with van der Waals surface area (Å²) in [6, 6.07) is -0.577. The van der Waals surface area contributed by atoms with Crippen LogP contribution < -0.4 is 5.32 Å². The first-order valence-corrected chi connectivity index (χ1v) is 6.23. The van der Waals surface area contributed by atoms with Crippen molar-refractivity contribution in [3.63, 3.8) is 0 Å². The smallest absolute Gasteiger partial charge is 0.328 e. The third kappa shape index (κ3) is 7.87. The molecule has 0 aliphatic rings. The minimum atomic E-state index is -0.577. The standard InChI is InChI=1S/C14H25NO3/c1-10(2)9-11(13(17)18-6)15-12(16)7-8-14(3,4)5/h7-8,10-11H,9H2,1-6H3,(H,15,16). The number of methoxy groups -OCH3 is 1. The van der Waals surface area contributed by atoms with Crippen LogP contribution in [0.2, 0.25) is 0 Å². The van der Waals surface area contributed by atoms with Gasteiger partial charge in [0.05, 0.1) is 7.11 Å². The Kier molecular flexibility index (Phi) is 6.66. The predicted molar refractivity (Wildman–Crippen MR) is 72.0 cm³/mol. The Morgan fingerprint density at radius 1 is 1.28 bits per heavy atom. The number of hydrogen-bond acceptors (Lipinski definition) is 3. The summed E-state index contributed by atoms with van der Waals surface area (Å²) >= 11 is 0. The van der Waals surface area contributed by atoms with Crippen molar-refractivity contribution in [3.8, 4) is 0 Å². The number of carbonyl (C=O) groups excluding carboxylic acids is 2. The second kappa shape index (κ2) is 7.19. The Morgan fingerprint density at radius 2 is 1.83 bits per heavy atom. The van der Waals surface area contributed by atoms with E-state index < -0.39 is 12.0 Å². The van der Waals surface area contributed by atoms with E-state index in [0.717, 1.165) is 0 Å². The molecule has 0 aromatic rings. The number of carbonyl (C=O) groups is 2. The number of hydrogen-bond donors (Lipinski definition) is 1. The third-order valence-corrected chi connectivity index (χ3v) is 2.24. The van der Waals surface area contributed by atoms with E-state index >= 15 is 0 Å². The molecule has 0 fully saturated rings. The molecular formula is C14H25NO3. The fourth-order valence-electron chi connectivity index (χ4n) is 1.37. The maximum absolute atomic E-state index is 11.7. The summed E-state index contributed by atoms with van der Waals surface area (Å²) in [5.41, 5.74) is -0.0594. The van der Waals surface area contributed by atoms with Crippen LogP contribution in [0.1, 0.15) is 41.0 Å². The van der Waals surface area contributed by atoms with Crippen molar-refractivity contribution in [3.05, 3.63) is 12.2 Å². The van der Waals surface area contributed by atoms with E-state index in [2.05, 4.69) is 10.1 Å². The molecule has 0 saturated heterocycles. The van der Waals surface area contributed by atoms with Crippen LogP contribution in [-0.4, -0.2) is 25.0 Å². The summed E-state index contributed by atoms with van der Waals surface area (Å²) in [5, 5.41) is 2.67. The van der Waals surface area contributed by atoms with Crippen LogP contribution in [0.15, 0.2) is 12.2 Å². The lowest BCUT2D eigenvalue weighted by molar-refractivity contribution is -0.145. The Morgan fingerprint density at radius 3 is 2.22 bits per heavy atom. The molecule has 0 aromatic heterocycles. The number of amides is 1. The van der Waals surface area contributed by atoms with Gasteiger partial charge in [0, 0.05) is 0 Å². The van der Waals surface area contributed by atoms with E-state index in [9.17, 15) is 9.59 Å². The number of allylic oxidation sites excluding steroid dienone is 1. The highest BCUT2D eigenvalue weighted by molar-refractivity contribution is 5.91. The van der Waals surface area contributed by atoms with Crippen LogP contribution >= 0.6 is 0 Å². The average Bonchev–Trinajstić information content (AvgIpc) is 2.22. The van der Waals surface area contributed by atoms with Gasteiger partial charge in [-0.15, -0.1) is 0 Å². The van der Waals surface area contributed by atoms with Gasteiger partial charge in [-0.05, 0) is 23.8 Å². The Balaban J connectivity index is 4.54. The van der Waals surface area contributed by atoms with Crippen molar-refractivity contribution in [2.24, 2.45) is 11.3 Å². The molecule has 1 unspecified atom stereocenters. The molecule has 0 saturated carbocycles. The molecule has 0 spiro atoms. The second-order valence-corrected chi connectivity index (χ2v) is 5.91. The molecule has 4 heteroatoms. The maximum Gasteiger partial charge on any atom is 0.328 e.